The summed E-state index contributed by atoms with van der Waals surface area (Å²) < 4.78 is 0. The summed E-state index contributed by atoms with van der Waals surface area (Å²) >= 11 is 17.9. The zero-order valence-electron chi connectivity index (χ0n) is 21.7. The van der Waals surface area contributed by atoms with E-state index in [0.29, 0.717) is 71.0 Å². The molecule has 0 fully saturated rings. The number of azo groups is 3. The lowest BCUT2D eigenvalue weighted by Gasteiger charge is -2.18. The molecule has 13 heteroatoms. The molecule has 0 saturated heterocycles. The van der Waals surface area contributed by atoms with Crippen LogP contribution in [0.5, 0.6) is 17.2 Å². The zero-order valence-corrected chi connectivity index (χ0v) is 23.9. The third kappa shape index (κ3) is 11.1. The van der Waals surface area contributed by atoms with Crippen molar-refractivity contribution in [1.29, 1.82) is 0 Å². The predicted octanol–water partition coefficient (Wildman–Crippen LogP) is 7.32. The lowest BCUT2D eigenvalue weighted by molar-refractivity contribution is 0.292. The fourth-order valence-electron chi connectivity index (χ4n) is 3.53. The van der Waals surface area contributed by atoms with Gasteiger partial charge in [-0.1, -0.05) is 34.8 Å². The molecule has 0 spiro atoms. The van der Waals surface area contributed by atoms with Gasteiger partial charge in [-0.25, -0.2) is 0 Å². The number of phenolic OH excluding ortho intramolecular Hbond substituents is 3. The molecule has 0 aliphatic carbocycles. The Labute approximate surface area is 247 Å². The average Bonchev–Trinajstić information content (AvgIpc) is 2.93. The van der Waals surface area contributed by atoms with Gasteiger partial charge in [0.15, 0.2) is 0 Å². The lowest BCUT2D eigenvalue weighted by Crippen LogP contribution is -2.31. The van der Waals surface area contributed by atoms with Crippen LogP contribution in [0.4, 0.5) is 0 Å². The van der Waals surface area contributed by atoms with Crippen LogP contribution in [0.1, 0.15) is 16.7 Å². The highest BCUT2D eigenvalue weighted by molar-refractivity contribution is 6.31. The van der Waals surface area contributed by atoms with Gasteiger partial charge >= 0.3 is 0 Å². The van der Waals surface area contributed by atoms with Crippen molar-refractivity contribution in [2.24, 2.45) is 30.7 Å². The maximum atomic E-state index is 9.92. The minimum Gasteiger partial charge on any atom is -0.508 e. The van der Waals surface area contributed by atoms with Gasteiger partial charge < -0.3 is 15.3 Å². The Kier molecular flexibility index (Phi) is 13.0. The van der Waals surface area contributed by atoms with E-state index in [1.165, 1.54) is 18.2 Å². The summed E-state index contributed by atoms with van der Waals surface area (Å²) in [5, 5.41) is 56.5. The van der Waals surface area contributed by atoms with E-state index >= 15 is 0 Å². The Morgan fingerprint density at radius 3 is 1.07 bits per heavy atom. The van der Waals surface area contributed by atoms with Crippen molar-refractivity contribution in [3.05, 3.63) is 86.4 Å². The Balaban J connectivity index is 1.50. The molecule has 0 radical (unpaired) electrons. The molecule has 212 valence electrons. The molecular weight excluding hydrogens is 577 g/mol. The Morgan fingerprint density at radius 2 is 0.775 bits per heavy atom. The Bertz CT molecular complexity index is 1180. The van der Waals surface area contributed by atoms with E-state index in [1.54, 1.807) is 36.4 Å². The summed E-state index contributed by atoms with van der Waals surface area (Å²) in [4.78, 5) is 2.11. The van der Waals surface area contributed by atoms with E-state index in [0.717, 1.165) is 0 Å². The minimum absolute atomic E-state index is 0.123. The van der Waals surface area contributed by atoms with E-state index < -0.39 is 0 Å². The fourth-order valence-corrected chi connectivity index (χ4v) is 4.11. The van der Waals surface area contributed by atoms with Gasteiger partial charge in [-0.15, -0.1) is 0 Å². The first-order chi connectivity index (χ1) is 19.3. The Morgan fingerprint density at radius 1 is 0.475 bits per heavy atom. The van der Waals surface area contributed by atoms with Crippen molar-refractivity contribution in [2.75, 3.05) is 39.3 Å². The van der Waals surface area contributed by atoms with E-state index in [1.807, 2.05) is 0 Å². The number of rotatable bonds is 15. The second-order valence-electron chi connectivity index (χ2n) is 8.65. The molecule has 10 nitrogen and oxygen atoms in total. The number of halogens is 3. The molecule has 0 heterocycles. The SMILES string of the molecule is Oc1ccc(Cl)cc1CN=NCCN(CCN=NCc1cc(Cl)ccc1O)CCN=NCc1cc(Cl)ccc1O. The van der Waals surface area contributed by atoms with E-state index in [4.69, 9.17) is 34.8 Å². The molecule has 0 saturated carbocycles. The standard InChI is InChI=1S/C27H30Cl3N7O3/c28-22-1-4-25(38)19(13-22)16-34-31-7-10-37(11-8-32-35-17-20-14-23(29)2-5-26(20)39)12-9-33-36-18-21-15-24(30)3-6-27(21)40/h1-6,13-15,38-40H,7-12,16-18H2. The molecule has 0 aliphatic rings. The van der Waals surface area contributed by atoms with Crippen LogP contribution in [-0.4, -0.2) is 59.5 Å². The van der Waals surface area contributed by atoms with Gasteiger partial charge in [-0.05, 0) is 54.6 Å². The first-order valence-electron chi connectivity index (χ1n) is 12.5. The van der Waals surface area contributed by atoms with Gasteiger partial charge in [-0.2, -0.15) is 30.7 Å². The van der Waals surface area contributed by atoms with Crippen molar-refractivity contribution in [1.82, 2.24) is 4.90 Å². The van der Waals surface area contributed by atoms with Crippen molar-refractivity contribution in [2.45, 2.75) is 19.6 Å². The van der Waals surface area contributed by atoms with Gasteiger partial charge in [0.2, 0.25) is 0 Å². The maximum absolute atomic E-state index is 9.92. The zero-order chi connectivity index (χ0) is 28.7. The van der Waals surface area contributed by atoms with Crippen molar-refractivity contribution in [3.63, 3.8) is 0 Å². The normalized spacial score (nSPS) is 12.0. The molecule has 0 aliphatic heterocycles. The monoisotopic (exact) mass is 605 g/mol. The predicted molar refractivity (Wildman–Crippen MR) is 156 cm³/mol. The van der Waals surface area contributed by atoms with Crippen molar-refractivity contribution >= 4 is 34.8 Å². The summed E-state index contributed by atoms with van der Waals surface area (Å²) in [6.07, 6.45) is 0. The van der Waals surface area contributed by atoms with Gasteiger partial charge in [0.1, 0.15) is 17.2 Å². The first kappa shape index (κ1) is 31.2. The molecule has 3 aromatic rings. The summed E-state index contributed by atoms with van der Waals surface area (Å²) in [6.45, 7) is 3.76. The minimum atomic E-state index is 0.123. The molecule has 0 bridgehead atoms. The Hall–Kier alpha value is -3.31. The molecule has 3 N–H and O–H groups in total. The van der Waals surface area contributed by atoms with Gasteiger partial charge in [-0.3, -0.25) is 4.90 Å². The molecule has 0 atom stereocenters. The average molecular weight is 607 g/mol. The fraction of sp³-hybridized carbons (Fsp3) is 0.333. The highest BCUT2D eigenvalue weighted by Gasteiger charge is 2.06. The molecular formula is C27H30Cl3N7O3. The van der Waals surface area contributed by atoms with Gasteiger partial charge in [0.05, 0.1) is 39.3 Å². The highest BCUT2D eigenvalue weighted by atomic mass is 35.5. The van der Waals surface area contributed by atoms with Crippen molar-refractivity contribution in [3.8, 4) is 17.2 Å². The van der Waals surface area contributed by atoms with Crippen LogP contribution in [0.25, 0.3) is 0 Å². The van der Waals surface area contributed by atoms with Crippen molar-refractivity contribution < 1.29 is 15.3 Å². The summed E-state index contributed by atoms with van der Waals surface area (Å²) in [6, 6.07) is 14.4. The number of hydrogen-bond donors (Lipinski definition) is 3. The topological polar surface area (TPSA) is 138 Å². The van der Waals surface area contributed by atoms with Crippen LogP contribution >= 0.6 is 34.8 Å². The number of nitrogens with zero attached hydrogens (tertiary/aromatic N) is 7. The molecule has 0 amide bonds. The number of aromatic hydroxyl groups is 3. The maximum Gasteiger partial charge on any atom is 0.120 e. The van der Waals surface area contributed by atoms with Crippen LogP contribution < -0.4 is 0 Å². The molecule has 0 unspecified atom stereocenters. The molecule has 40 heavy (non-hydrogen) atoms. The summed E-state index contributed by atoms with van der Waals surface area (Å²) in [7, 11) is 0. The molecule has 3 aromatic carbocycles. The number of benzene rings is 3. The van der Waals surface area contributed by atoms with Gasteiger partial charge in [0, 0.05) is 51.4 Å². The van der Waals surface area contributed by atoms with Crippen LogP contribution in [-0.2, 0) is 19.6 Å². The third-order valence-electron chi connectivity index (χ3n) is 5.70. The molecule has 3 rings (SSSR count). The van der Waals surface area contributed by atoms with Crippen LogP contribution in [0.15, 0.2) is 85.3 Å². The van der Waals surface area contributed by atoms with E-state index in [-0.39, 0.29) is 36.9 Å². The summed E-state index contributed by atoms with van der Waals surface area (Å²) in [5.41, 5.74) is 1.81. The quantitative estimate of drug-likeness (QED) is 0.156. The second kappa shape index (κ2) is 16.7. The first-order valence-corrected chi connectivity index (χ1v) is 13.6. The van der Waals surface area contributed by atoms with Crippen LogP contribution in [0, 0.1) is 0 Å². The smallest absolute Gasteiger partial charge is 0.120 e. The van der Waals surface area contributed by atoms with Gasteiger partial charge in [0.25, 0.3) is 0 Å². The third-order valence-corrected chi connectivity index (χ3v) is 6.40. The lowest BCUT2D eigenvalue weighted by atomic mass is 10.2. The van der Waals surface area contributed by atoms with E-state index in [2.05, 4.69) is 35.6 Å². The van der Waals surface area contributed by atoms with E-state index in [9.17, 15) is 15.3 Å². The highest BCUT2D eigenvalue weighted by Crippen LogP contribution is 2.24. The number of phenols is 3. The largest absolute Gasteiger partial charge is 0.508 e. The van der Waals surface area contributed by atoms with Crippen LogP contribution in [0.3, 0.4) is 0 Å². The number of hydrogen-bond acceptors (Lipinski definition) is 10. The molecule has 0 aromatic heterocycles. The second-order valence-corrected chi connectivity index (χ2v) is 9.96. The summed E-state index contributed by atoms with van der Waals surface area (Å²) in [5.74, 6) is 0.369. The van der Waals surface area contributed by atoms with Crippen LogP contribution in [0.2, 0.25) is 15.1 Å².